The second kappa shape index (κ2) is 18.2. The van der Waals surface area contributed by atoms with Crippen molar-refractivity contribution in [3.8, 4) is 0 Å². The van der Waals surface area contributed by atoms with Crippen LogP contribution in [0, 0.1) is 5.92 Å². The fourth-order valence-electron chi connectivity index (χ4n) is 5.17. The van der Waals surface area contributed by atoms with Crippen LogP contribution in [0.4, 0.5) is 4.39 Å². The van der Waals surface area contributed by atoms with Crippen molar-refractivity contribution in [1.82, 2.24) is 19.7 Å². The molecule has 0 saturated carbocycles. The predicted octanol–water partition coefficient (Wildman–Crippen LogP) is 4.93. The third-order valence-corrected chi connectivity index (χ3v) is 8.22. The fraction of sp³-hybridized carbons (Fsp3) is 0.382. The molecule has 2 heterocycles. The molecule has 1 aliphatic heterocycles. The summed E-state index contributed by atoms with van der Waals surface area (Å²) >= 11 is 12.3. The van der Waals surface area contributed by atoms with Crippen LogP contribution < -0.4 is 5.73 Å². The minimum absolute atomic E-state index is 0.0211. The number of amides is 4. The number of nitrogens with zero attached hydrogens (tertiary/aromatic N) is 4. The number of halogens is 3. The zero-order chi connectivity index (χ0) is 33.6. The first kappa shape index (κ1) is 36.4. The fourth-order valence-corrected chi connectivity index (χ4v) is 5.67. The van der Waals surface area contributed by atoms with E-state index in [0.29, 0.717) is 41.4 Å². The monoisotopic (exact) mass is 671 g/mol. The molecular weight excluding hydrogens is 632 g/mol. The standard InChI is InChI=1S/C34H40Cl2FN5O4/c1-3-7-27(37)13-10-24(2)8-6-17-42-30(34(46)41(22-31(38)43)19-15-28-9-4-5-16-39-28)21-32(44)40(23-33(42)45)18-14-25-11-12-26(35)20-29(25)36/h3-5,7,9-13,16,20,24,30H,1,6,8,14-15,17-19,21-23H2,2H3,(H2,38,43)/b13-10-,27-7+. The number of primary amides is 1. The van der Waals surface area contributed by atoms with Gasteiger partial charge in [-0.15, -0.1) is 0 Å². The molecule has 12 heteroatoms. The van der Waals surface area contributed by atoms with Gasteiger partial charge in [-0.1, -0.05) is 61.0 Å². The van der Waals surface area contributed by atoms with Crippen LogP contribution in [-0.2, 0) is 32.0 Å². The molecule has 0 aliphatic carbocycles. The third-order valence-electron chi connectivity index (χ3n) is 7.64. The quantitative estimate of drug-likeness (QED) is 0.254. The maximum atomic E-state index is 14.0. The van der Waals surface area contributed by atoms with E-state index in [-0.39, 0.29) is 51.0 Å². The van der Waals surface area contributed by atoms with Crippen molar-refractivity contribution in [1.29, 1.82) is 0 Å². The summed E-state index contributed by atoms with van der Waals surface area (Å²) in [5.41, 5.74) is 6.98. The highest BCUT2D eigenvalue weighted by Gasteiger charge is 2.39. The number of allylic oxidation sites excluding steroid dienone is 5. The van der Waals surface area contributed by atoms with Gasteiger partial charge in [0.15, 0.2) is 0 Å². The van der Waals surface area contributed by atoms with Crippen LogP contribution in [0.5, 0.6) is 0 Å². The molecular formula is C34H40Cl2FN5O4. The molecule has 2 N–H and O–H groups in total. The average molecular weight is 673 g/mol. The van der Waals surface area contributed by atoms with E-state index in [1.807, 2.05) is 13.0 Å². The van der Waals surface area contributed by atoms with Gasteiger partial charge in [0.1, 0.15) is 11.9 Å². The van der Waals surface area contributed by atoms with Gasteiger partial charge in [0, 0.05) is 48.0 Å². The summed E-state index contributed by atoms with van der Waals surface area (Å²) in [6.07, 6.45) is 8.89. The van der Waals surface area contributed by atoms with Crippen molar-refractivity contribution < 1.29 is 23.6 Å². The molecule has 2 unspecified atom stereocenters. The normalized spacial score (nSPS) is 16.4. The van der Waals surface area contributed by atoms with E-state index in [2.05, 4.69) is 11.6 Å². The second-order valence-electron chi connectivity index (χ2n) is 11.2. The highest BCUT2D eigenvalue weighted by atomic mass is 35.5. The second-order valence-corrected chi connectivity index (χ2v) is 12.0. The van der Waals surface area contributed by atoms with Crippen LogP contribution in [0.1, 0.15) is 37.4 Å². The maximum Gasteiger partial charge on any atom is 0.246 e. The summed E-state index contributed by atoms with van der Waals surface area (Å²) < 4.78 is 13.8. The van der Waals surface area contributed by atoms with E-state index >= 15 is 0 Å². The van der Waals surface area contributed by atoms with Crippen molar-refractivity contribution >= 4 is 46.8 Å². The Morgan fingerprint density at radius 1 is 1.17 bits per heavy atom. The van der Waals surface area contributed by atoms with Gasteiger partial charge < -0.3 is 20.4 Å². The highest BCUT2D eigenvalue weighted by molar-refractivity contribution is 6.35. The van der Waals surface area contributed by atoms with Crippen LogP contribution >= 0.6 is 23.2 Å². The molecule has 46 heavy (non-hydrogen) atoms. The van der Waals surface area contributed by atoms with Crippen molar-refractivity contribution in [2.75, 3.05) is 32.7 Å². The van der Waals surface area contributed by atoms with Crippen LogP contribution in [0.15, 0.2) is 79.3 Å². The molecule has 1 fully saturated rings. The summed E-state index contributed by atoms with van der Waals surface area (Å²) in [6, 6.07) is 9.35. The van der Waals surface area contributed by atoms with E-state index in [9.17, 15) is 23.6 Å². The van der Waals surface area contributed by atoms with Gasteiger partial charge in [-0.05, 0) is 67.2 Å². The van der Waals surface area contributed by atoms with Gasteiger partial charge in [-0.3, -0.25) is 24.2 Å². The molecule has 0 bridgehead atoms. The van der Waals surface area contributed by atoms with Gasteiger partial charge in [0.05, 0.1) is 19.5 Å². The van der Waals surface area contributed by atoms with Gasteiger partial charge in [0.2, 0.25) is 23.6 Å². The number of benzene rings is 1. The number of nitrogens with two attached hydrogens (primary N) is 1. The Hall–Kier alpha value is -4.02. The molecule has 0 spiro atoms. The Bertz CT molecular complexity index is 1450. The highest BCUT2D eigenvalue weighted by Crippen LogP contribution is 2.23. The number of carbonyl (C=O) groups is 4. The van der Waals surface area contributed by atoms with Crippen molar-refractivity contribution in [2.45, 2.75) is 45.1 Å². The molecule has 0 radical (unpaired) electrons. The van der Waals surface area contributed by atoms with E-state index in [1.165, 1.54) is 32.9 Å². The lowest BCUT2D eigenvalue weighted by molar-refractivity contribution is -0.146. The minimum Gasteiger partial charge on any atom is -0.368 e. The van der Waals surface area contributed by atoms with Crippen LogP contribution in [0.25, 0.3) is 0 Å². The molecule has 1 aromatic carbocycles. The number of hydrogen-bond donors (Lipinski definition) is 1. The van der Waals surface area contributed by atoms with Crippen LogP contribution in [0.3, 0.4) is 0 Å². The number of carbonyl (C=O) groups excluding carboxylic acids is 4. The SMILES string of the molecule is C=C/C=C(F)\C=C/C(C)CCCN1C(=O)CN(CCc2ccc(Cl)cc2Cl)C(=O)CC1C(=O)N(CCc1ccccn1)CC(N)=O. The Kier molecular flexibility index (Phi) is 14.4. The summed E-state index contributed by atoms with van der Waals surface area (Å²) in [6.45, 7) is 5.32. The maximum absolute atomic E-state index is 14.0. The van der Waals surface area contributed by atoms with E-state index in [4.69, 9.17) is 28.9 Å². The Morgan fingerprint density at radius 3 is 2.63 bits per heavy atom. The number of rotatable bonds is 16. The Labute approximate surface area is 279 Å². The summed E-state index contributed by atoms with van der Waals surface area (Å²) in [5.74, 6) is -2.46. The Morgan fingerprint density at radius 2 is 1.96 bits per heavy atom. The molecule has 3 rings (SSSR count). The first-order chi connectivity index (χ1) is 22.0. The molecule has 1 aliphatic rings. The average Bonchev–Trinajstić information content (AvgIpc) is 3.13. The molecule has 4 amide bonds. The Balaban J connectivity index is 1.82. The van der Waals surface area contributed by atoms with Crippen LogP contribution in [-0.4, -0.2) is 82.1 Å². The van der Waals surface area contributed by atoms with Gasteiger partial charge >= 0.3 is 0 Å². The minimum atomic E-state index is -1.13. The molecule has 246 valence electrons. The summed E-state index contributed by atoms with van der Waals surface area (Å²) in [7, 11) is 0. The topological polar surface area (TPSA) is 117 Å². The smallest absolute Gasteiger partial charge is 0.246 e. The van der Waals surface area contributed by atoms with Crippen molar-refractivity contribution in [3.63, 3.8) is 0 Å². The van der Waals surface area contributed by atoms with E-state index in [0.717, 1.165) is 5.56 Å². The van der Waals surface area contributed by atoms with Gasteiger partial charge in [0.25, 0.3) is 0 Å². The van der Waals surface area contributed by atoms with E-state index in [1.54, 1.807) is 42.6 Å². The number of aromatic nitrogens is 1. The lowest BCUT2D eigenvalue weighted by Gasteiger charge is -2.33. The van der Waals surface area contributed by atoms with Crippen molar-refractivity contribution in [2.24, 2.45) is 11.7 Å². The van der Waals surface area contributed by atoms with Crippen molar-refractivity contribution in [3.05, 3.63) is 101 Å². The first-order valence-corrected chi connectivity index (χ1v) is 15.9. The third kappa shape index (κ3) is 11.4. The first-order valence-electron chi connectivity index (χ1n) is 15.1. The number of pyridine rings is 1. The molecule has 2 aromatic rings. The lowest BCUT2D eigenvalue weighted by Crippen LogP contribution is -2.53. The summed E-state index contributed by atoms with van der Waals surface area (Å²) in [5, 5.41) is 0.937. The molecule has 9 nitrogen and oxygen atoms in total. The van der Waals surface area contributed by atoms with Crippen LogP contribution in [0.2, 0.25) is 10.0 Å². The molecule has 1 saturated heterocycles. The zero-order valence-corrected chi connectivity index (χ0v) is 27.4. The molecule has 1 aromatic heterocycles. The predicted molar refractivity (Wildman–Crippen MR) is 178 cm³/mol. The largest absolute Gasteiger partial charge is 0.368 e. The number of hydrogen-bond acceptors (Lipinski definition) is 5. The van der Waals surface area contributed by atoms with Gasteiger partial charge in [-0.25, -0.2) is 4.39 Å². The van der Waals surface area contributed by atoms with Gasteiger partial charge in [-0.2, -0.15) is 0 Å². The molecule has 2 atom stereocenters. The lowest BCUT2D eigenvalue weighted by atomic mass is 10.0. The zero-order valence-electron chi connectivity index (χ0n) is 25.9. The summed E-state index contributed by atoms with van der Waals surface area (Å²) in [4.78, 5) is 61.8. The van der Waals surface area contributed by atoms with E-state index < -0.39 is 29.6 Å².